The van der Waals surface area contributed by atoms with Crippen molar-refractivity contribution in [3.63, 3.8) is 0 Å². The highest BCUT2D eigenvalue weighted by Gasteiger charge is 2.13. The molecule has 0 aliphatic heterocycles. The third kappa shape index (κ3) is 3.60. The lowest BCUT2D eigenvalue weighted by molar-refractivity contribution is -0.132. The lowest BCUT2D eigenvalue weighted by Crippen LogP contribution is -2.30. The predicted octanol–water partition coefficient (Wildman–Crippen LogP) is 2.76. The molecular weight excluding hydrogens is 261 g/mol. The lowest BCUT2D eigenvalue weighted by Gasteiger charge is -2.16. The molecular formula is C15H16FNO3. The number of carbonyl (C=O) groups is 1. The molecule has 4 nitrogen and oxygen atoms in total. The molecule has 2 rings (SSSR count). The SMILES string of the molecule is Cc1ccc(CN(C)C(=O)COc2ccccc2F)o1. The van der Waals surface area contributed by atoms with Crippen molar-refractivity contribution in [2.45, 2.75) is 13.5 Å². The summed E-state index contributed by atoms with van der Waals surface area (Å²) in [7, 11) is 1.64. The molecule has 0 spiro atoms. The van der Waals surface area contributed by atoms with Crippen LogP contribution in [0.25, 0.3) is 0 Å². The molecule has 0 atom stereocenters. The summed E-state index contributed by atoms with van der Waals surface area (Å²) in [6.45, 7) is 1.98. The van der Waals surface area contributed by atoms with E-state index in [9.17, 15) is 9.18 Å². The molecule has 0 bridgehead atoms. The number of rotatable bonds is 5. The molecule has 0 N–H and O–H groups in total. The van der Waals surface area contributed by atoms with Crippen molar-refractivity contribution in [3.05, 3.63) is 53.7 Å². The molecule has 2 aromatic rings. The number of para-hydroxylation sites is 1. The maximum atomic E-state index is 13.3. The van der Waals surface area contributed by atoms with Crippen LogP contribution in [0.5, 0.6) is 5.75 Å². The van der Waals surface area contributed by atoms with Crippen LogP contribution in [0.3, 0.4) is 0 Å². The number of nitrogens with zero attached hydrogens (tertiary/aromatic N) is 1. The van der Waals surface area contributed by atoms with Crippen molar-refractivity contribution >= 4 is 5.91 Å². The van der Waals surface area contributed by atoms with E-state index in [0.717, 1.165) is 5.76 Å². The normalized spacial score (nSPS) is 10.3. The van der Waals surface area contributed by atoms with E-state index < -0.39 is 5.82 Å². The van der Waals surface area contributed by atoms with Gasteiger partial charge in [0.15, 0.2) is 18.2 Å². The highest BCUT2D eigenvalue weighted by Crippen LogP contribution is 2.15. The van der Waals surface area contributed by atoms with Crippen LogP contribution < -0.4 is 4.74 Å². The van der Waals surface area contributed by atoms with E-state index in [4.69, 9.17) is 9.15 Å². The average Bonchev–Trinajstić information content (AvgIpc) is 2.82. The van der Waals surface area contributed by atoms with Crippen LogP contribution in [0, 0.1) is 12.7 Å². The first kappa shape index (κ1) is 14.1. The Labute approximate surface area is 116 Å². The van der Waals surface area contributed by atoms with E-state index in [0.29, 0.717) is 12.3 Å². The monoisotopic (exact) mass is 277 g/mol. The minimum atomic E-state index is -0.482. The van der Waals surface area contributed by atoms with Crippen LogP contribution in [0.15, 0.2) is 40.8 Å². The fourth-order valence-electron chi connectivity index (χ4n) is 1.70. The van der Waals surface area contributed by atoms with Crippen LogP contribution in [0.1, 0.15) is 11.5 Å². The Kier molecular flexibility index (Phi) is 4.40. The summed E-state index contributed by atoms with van der Waals surface area (Å²) in [5.41, 5.74) is 0. The van der Waals surface area contributed by atoms with Gasteiger partial charge in [0, 0.05) is 7.05 Å². The number of furan rings is 1. The molecule has 5 heteroatoms. The molecule has 20 heavy (non-hydrogen) atoms. The maximum absolute atomic E-state index is 13.3. The van der Waals surface area contributed by atoms with Gasteiger partial charge in [0.05, 0.1) is 6.54 Å². The topological polar surface area (TPSA) is 42.7 Å². The van der Waals surface area contributed by atoms with Gasteiger partial charge in [-0.3, -0.25) is 4.79 Å². The highest BCUT2D eigenvalue weighted by atomic mass is 19.1. The first-order chi connectivity index (χ1) is 9.56. The summed E-state index contributed by atoms with van der Waals surface area (Å²) >= 11 is 0. The van der Waals surface area contributed by atoms with Crippen LogP contribution in [-0.2, 0) is 11.3 Å². The Balaban J connectivity index is 1.87. The zero-order chi connectivity index (χ0) is 14.5. The quantitative estimate of drug-likeness (QED) is 0.844. The Morgan fingerprint density at radius 3 is 2.70 bits per heavy atom. The van der Waals surface area contributed by atoms with Gasteiger partial charge in [-0.25, -0.2) is 4.39 Å². The standard InChI is InChI=1S/C15H16FNO3/c1-11-7-8-12(20-11)9-17(2)15(18)10-19-14-6-4-3-5-13(14)16/h3-8H,9-10H2,1-2H3. The molecule has 1 aromatic heterocycles. The second-order valence-electron chi connectivity index (χ2n) is 4.48. The van der Waals surface area contributed by atoms with Gasteiger partial charge in [0.2, 0.25) is 0 Å². The van der Waals surface area contributed by atoms with Crippen LogP contribution in [0.4, 0.5) is 4.39 Å². The predicted molar refractivity (Wildman–Crippen MR) is 71.8 cm³/mol. The summed E-state index contributed by atoms with van der Waals surface area (Å²) in [5.74, 6) is 0.836. The number of hydrogen-bond donors (Lipinski definition) is 0. The van der Waals surface area contributed by atoms with Gasteiger partial charge in [-0.2, -0.15) is 0 Å². The van der Waals surface area contributed by atoms with Gasteiger partial charge in [-0.15, -0.1) is 0 Å². The number of carbonyl (C=O) groups excluding carboxylic acids is 1. The van der Waals surface area contributed by atoms with Crippen molar-refractivity contribution in [2.75, 3.05) is 13.7 Å². The molecule has 0 fully saturated rings. The number of halogens is 1. The maximum Gasteiger partial charge on any atom is 0.260 e. The van der Waals surface area contributed by atoms with Gasteiger partial charge >= 0.3 is 0 Å². The Morgan fingerprint density at radius 2 is 2.05 bits per heavy atom. The number of hydrogen-bond acceptors (Lipinski definition) is 3. The van der Waals surface area contributed by atoms with Gasteiger partial charge < -0.3 is 14.1 Å². The number of benzene rings is 1. The van der Waals surface area contributed by atoms with Crippen LogP contribution >= 0.6 is 0 Å². The van der Waals surface area contributed by atoms with E-state index in [1.807, 2.05) is 19.1 Å². The van der Waals surface area contributed by atoms with Gasteiger partial charge in [0.25, 0.3) is 5.91 Å². The van der Waals surface area contributed by atoms with Gasteiger partial charge in [-0.05, 0) is 31.2 Å². The molecule has 1 aromatic carbocycles. The first-order valence-electron chi connectivity index (χ1n) is 6.23. The summed E-state index contributed by atoms with van der Waals surface area (Å²) in [5, 5.41) is 0. The minimum absolute atomic E-state index is 0.0723. The van der Waals surface area contributed by atoms with Gasteiger partial charge in [0.1, 0.15) is 11.5 Å². The molecule has 106 valence electrons. The highest BCUT2D eigenvalue weighted by molar-refractivity contribution is 5.77. The zero-order valence-electron chi connectivity index (χ0n) is 11.4. The second-order valence-corrected chi connectivity index (χ2v) is 4.48. The van der Waals surface area contributed by atoms with Crippen LogP contribution in [0.2, 0.25) is 0 Å². The van der Waals surface area contributed by atoms with E-state index in [1.54, 1.807) is 19.2 Å². The molecule has 0 saturated carbocycles. The Hall–Kier alpha value is -2.30. The Morgan fingerprint density at radius 1 is 1.30 bits per heavy atom. The summed E-state index contributed by atoms with van der Waals surface area (Å²) in [4.78, 5) is 13.3. The number of amides is 1. The molecule has 0 saturated heterocycles. The smallest absolute Gasteiger partial charge is 0.260 e. The summed E-state index contributed by atoms with van der Waals surface area (Å²) in [6.07, 6.45) is 0. The minimum Gasteiger partial charge on any atom is -0.481 e. The molecule has 0 radical (unpaired) electrons. The summed E-state index contributed by atoms with van der Waals surface area (Å²) in [6, 6.07) is 9.64. The van der Waals surface area contributed by atoms with Crippen molar-refractivity contribution < 1.29 is 18.3 Å². The fourth-order valence-corrected chi connectivity index (χ4v) is 1.70. The molecule has 0 unspecified atom stereocenters. The zero-order valence-corrected chi connectivity index (χ0v) is 11.4. The second kappa shape index (κ2) is 6.23. The van der Waals surface area contributed by atoms with E-state index in [-0.39, 0.29) is 18.3 Å². The Bertz CT molecular complexity index is 594. The van der Waals surface area contributed by atoms with E-state index in [2.05, 4.69) is 0 Å². The van der Waals surface area contributed by atoms with Crippen LogP contribution in [-0.4, -0.2) is 24.5 Å². The van der Waals surface area contributed by atoms with Crippen molar-refractivity contribution in [1.82, 2.24) is 4.90 Å². The van der Waals surface area contributed by atoms with Gasteiger partial charge in [-0.1, -0.05) is 12.1 Å². The number of ether oxygens (including phenoxy) is 1. The van der Waals surface area contributed by atoms with E-state index in [1.165, 1.54) is 17.0 Å². The van der Waals surface area contributed by atoms with E-state index >= 15 is 0 Å². The largest absolute Gasteiger partial charge is 0.481 e. The van der Waals surface area contributed by atoms with Crippen molar-refractivity contribution in [2.24, 2.45) is 0 Å². The molecule has 0 aliphatic carbocycles. The average molecular weight is 277 g/mol. The lowest BCUT2D eigenvalue weighted by atomic mass is 10.3. The number of likely N-dealkylation sites (N-methyl/N-ethyl adjacent to an activating group) is 1. The van der Waals surface area contributed by atoms with Crippen molar-refractivity contribution in [3.8, 4) is 5.75 Å². The third-order valence-corrected chi connectivity index (χ3v) is 2.80. The molecule has 1 amide bonds. The third-order valence-electron chi connectivity index (χ3n) is 2.80. The molecule has 0 aliphatic rings. The number of aryl methyl sites for hydroxylation is 1. The summed E-state index contributed by atoms with van der Waals surface area (Å²) < 4.78 is 23.9. The fraction of sp³-hybridized carbons (Fsp3) is 0.267. The van der Waals surface area contributed by atoms with Crippen molar-refractivity contribution in [1.29, 1.82) is 0 Å². The molecule has 1 heterocycles. The first-order valence-corrected chi connectivity index (χ1v) is 6.23.